The van der Waals surface area contributed by atoms with Crippen LogP contribution < -0.4 is 10.6 Å². The molecule has 3 rings (SSSR count). The first kappa shape index (κ1) is 18.2. The van der Waals surface area contributed by atoms with Crippen LogP contribution >= 0.6 is 11.8 Å². The van der Waals surface area contributed by atoms with Gasteiger partial charge in [-0.05, 0) is 48.4 Å². The van der Waals surface area contributed by atoms with Gasteiger partial charge in [0.25, 0.3) is 0 Å². The van der Waals surface area contributed by atoms with Gasteiger partial charge in [0, 0.05) is 44.2 Å². The predicted molar refractivity (Wildman–Crippen MR) is 105 cm³/mol. The number of nitrogens with one attached hydrogen (secondary N) is 2. The summed E-state index contributed by atoms with van der Waals surface area (Å²) in [6, 6.07) is 6.98. The van der Waals surface area contributed by atoms with Gasteiger partial charge in [0.05, 0.1) is 0 Å². The van der Waals surface area contributed by atoms with E-state index < -0.39 is 0 Å². The molecule has 2 N–H and O–H groups in total. The second-order valence-corrected chi connectivity index (χ2v) is 8.26. The van der Waals surface area contributed by atoms with Crippen LogP contribution in [-0.2, 0) is 13.1 Å². The summed E-state index contributed by atoms with van der Waals surface area (Å²) in [4.78, 5) is 4.06. The van der Waals surface area contributed by atoms with E-state index >= 15 is 0 Å². The molecule has 0 aromatic heterocycles. The molecular weight excluding hydrogens is 314 g/mol. The summed E-state index contributed by atoms with van der Waals surface area (Å²) < 4.78 is 0. The van der Waals surface area contributed by atoms with Gasteiger partial charge >= 0.3 is 0 Å². The van der Waals surface area contributed by atoms with Gasteiger partial charge in [-0.2, -0.15) is 0 Å². The van der Waals surface area contributed by atoms with Crippen molar-refractivity contribution in [1.29, 1.82) is 0 Å². The standard InChI is InChI=1S/C20H33N3S/c1(3-5-11-23-12-9-21-10-13-23)2-4-6-14-24-20-8-7-18-16-22-17-19(18)15-20/h7-8,15,21-22H,1-6,9-14,16-17H2. The summed E-state index contributed by atoms with van der Waals surface area (Å²) in [5.41, 5.74) is 2.99. The van der Waals surface area contributed by atoms with Crippen LogP contribution in [0.25, 0.3) is 0 Å². The molecule has 1 saturated heterocycles. The van der Waals surface area contributed by atoms with Crippen molar-refractivity contribution >= 4 is 11.8 Å². The smallest absolute Gasteiger partial charge is 0.0212 e. The van der Waals surface area contributed by atoms with Gasteiger partial charge in [-0.25, -0.2) is 0 Å². The number of hydrogen-bond acceptors (Lipinski definition) is 4. The molecule has 0 saturated carbocycles. The Bertz CT molecular complexity index is 486. The van der Waals surface area contributed by atoms with Gasteiger partial charge in [-0.3, -0.25) is 0 Å². The van der Waals surface area contributed by atoms with Gasteiger partial charge in [0.2, 0.25) is 0 Å². The van der Waals surface area contributed by atoms with Crippen LogP contribution in [-0.4, -0.2) is 43.4 Å². The number of hydrogen-bond donors (Lipinski definition) is 2. The first-order chi connectivity index (χ1) is 11.9. The lowest BCUT2D eigenvalue weighted by Gasteiger charge is -2.27. The molecular formula is C20H33N3S. The van der Waals surface area contributed by atoms with E-state index in [4.69, 9.17) is 0 Å². The minimum Gasteiger partial charge on any atom is -0.314 e. The molecule has 0 spiro atoms. The highest BCUT2D eigenvalue weighted by Crippen LogP contribution is 2.25. The van der Waals surface area contributed by atoms with Gasteiger partial charge in [0.1, 0.15) is 0 Å². The molecule has 1 fully saturated rings. The van der Waals surface area contributed by atoms with E-state index in [9.17, 15) is 0 Å². The van der Waals surface area contributed by atoms with E-state index in [0.29, 0.717) is 0 Å². The highest BCUT2D eigenvalue weighted by atomic mass is 32.2. The highest BCUT2D eigenvalue weighted by Gasteiger charge is 2.10. The normalized spacial score (nSPS) is 18.0. The molecule has 0 radical (unpaired) electrons. The first-order valence-corrected chi connectivity index (χ1v) is 10.8. The van der Waals surface area contributed by atoms with E-state index in [2.05, 4.69) is 33.7 Å². The zero-order valence-corrected chi connectivity index (χ0v) is 15.8. The maximum absolute atomic E-state index is 3.42. The molecule has 2 aliphatic heterocycles. The van der Waals surface area contributed by atoms with Crippen LogP contribution in [0.4, 0.5) is 0 Å². The average molecular weight is 348 g/mol. The van der Waals surface area contributed by atoms with Gasteiger partial charge in [-0.1, -0.05) is 31.7 Å². The zero-order valence-electron chi connectivity index (χ0n) is 15.0. The number of piperazine rings is 1. The van der Waals surface area contributed by atoms with E-state index in [1.165, 1.54) is 93.0 Å². The van der Waals surface area contributed by atoms with Crippen LogP contribution in [0.15, 0.2) is 23.1 Å². The molecule has 0 amide bonds. The molecule has 0 bridgehead atoms. The maximum Gasteiger partial charge on any atom is 0.0212 e. The quantitative estimate of drug-likeness (QED) is 0.499. The highest BCUT2D eigenvalue weighted by molar-refractivity contribution is 7.99. The predicted octanol–water partition coefficient (Wildman–Crippen LogP) is 3.63. The van der Waals surface area contributed by atoms with Gasteiger partial charge < -0.3 is 15.5 Å². The third kappa shape index (κ3) is 6.07. The van der Waals surface area contributed by atoms with Crippen LogP contribution in [0.1, 0.15) is 49.7 Å². The number of fused-ring (bicyclic) bond motifs is 1. The Hall–Kier alpha value is -0.550. The van der Waals surface area contributed by atoms with Crippen molar-refractivity contribution in [2.24, 2.45) is 0 Å². The largest absolute Gasteiger partial charge is 0.314 e. The molecule has 1 aromatic rings. The Morgan fingerprint density at radius 3 is 2.46 bits per heavy atom. The lowest BCUT2D eigenvalue weighted by Crippen LogP contribution is -2.43. The van der Waals surface area contributed by atoms with Crippen LogP contribution in [0.3, 0.4) is 0 Å². The number of thioether (sulfide) groups is 1. The van der Waals surface area contributed by atoms with Gasteiger partial charge in [0.15, 0.2) is 0 Å². The van der Waals surface area contributed by atoms with Crippen molar-refractivity contribution in [2.75, 3.05) is 38.5 Å². The summed E-state index contributed by atoms with van der Waals surface area (Å²) in [6.45, 7) is 8.26. The lowest BCUT2D eigenvalue weighted by molar-refractivity contribution is 0.236. The molecule has 0 atom stereocenters. The van der Waals surface area contributed by atoms with Crippen molar-refractivity contribution in [3.63, 3.8) is 0 Å². The maximum atomic E-state index is 3.42. The second-order valence-electron chi connectivity index (χ2n) is 7.10. The molecule has 134 valence electrons. The minimum absolute atomic E-state index is 1.05. The Balaban J connectivity index is 1.16. The summed E-state index contributed by atoms with van der Waals surface area (Å²) in [5, 5.41) is 6.84. The van der Waals surface area contributed by atoms with E-state index in [1.54, 1.807) is 0 Å². The monoisotopic (exact) mass is 347 g/mol. The first-order valence-electron chi connectivity index (χ1n) is 9.80. The molecule has 0 aliphatic carbocycles. The molecule has 2 aliphatic rings. The molecule has 4 heteroatoms. The zero-order chi connectivity index (χ0) is 16.5. The molecule has 1 aromatic carbocycles. The van der Waals surface area contributed by atoms with Crippen molar-refractivity contribution in [2.45, 2.75) is 56.5 Å². The number of unbranched alkanes of at least 4 members (excludes halogenated alkanes) is 5. The number of nitrogens with zero attached hydrogens (tertiary/aromatic N) is 1. The molecule has 3 nitrogen and oxygen atoms in total. The fourth-order valence-corrected chi connectivity index (χ4v) is 4.60. The SMILES string of the molecule is c1cc2c(cc1SCCCCCCCCN1CCNCC1)CNC2. The van der Waals surface area contributed by atoms with Crippen LogP contribution in [0.2, 0.25) is 0 Å². The summed E-state index contributed by atoms with van der Waals surface area (Å²) in [6.07, 6.45) is 8.38. The topological polar surface area (TPSA) is 27.3 Å². The van der Waals surface area contributed by atoms with Crippen molar-refractivity contribution in [1.82, 2.24) is 15.5 Å². The lowest BCUT2D eigenvalue weighted by atomic mass is 10.1. The molecule has 0 unspecified atom stereocenters. The van der Waals surface area contributed by atoms with E-state index in [0.717, 1.165) is 13.1 Å². The summed E-state index contributed by atoms with van der Waals surface area (Å²) in [5.74, 6) is 1.27. The van der Waals surface area contributed by atoms with E-state index in [-0.39, 0.29) is 0 Å². The van der Waals surface area contributed by atoms with Crippen LogP contribution in [0, 0.1) is 0 Å². The van der Waals surface area contributed by atoms with E-state index in [1.807, 2.05) is 11.8 Å². The molecule has 24 heavy (non-hydrogen) atoms. The second kappa shape index (κ2) is 10.4. The minimum atomic E-state index is 1.05. The Labute approximate surface area is 152 Å². The Morgan fingerprint density at radius 2 is 1.58 bits per heavy atom. The number of benzene rings is 1. The van der Waals surface area contributed by atoms with Crippen molar-refractivity contribution in [3.8, 4) is 0 Å². The van der Waals surface area contributed by atoms with Gasteiger partial charge in [-0.15, -0.1) is 11.8 Å². The fourth-order valence-electron chi connectivity index (χ4n) is 3.63. The fraction of sp³-hybridized carbons (Fsp3) is 0.700. The molecule has 2 heterocycles. The third-order valence-electron chi connectivity index (χ3n) is 5.16. The van der Waals surface area contributed by atoms with Crippen molar-refractivity contribution < 1.29 is 0 Å². The third-order valence-corrected chi connectivity index (χ3v) is 6.24. The average Bonchev–Trinajstić information content (AvgIpc) is 3.09. The Morgan fingerprint density at radius 1 is 0.833 bits per heavy atom. The number of rotatable bonds is 10. The van der Waals surface area contributed by atoms with Crippen molar-refractivity contribution in [3.05, 3.63) is 29.3 Å². The summed E-state index contributed by atoms with van der Waals surface area (Å²) >= 11 is 2.03. The summed E-state index contributed by atoms with van der Waals surface area (Å²) in [7, 11) is 0. The Kier molecular flexibility index (Phi) is 7.94. The van der Waals surface area contributed by atoms with Crippen LogP contribution in [0.5, 0.6) is 0 Å².